The Morgan fingerprint density at radius 1 is 1.04 bits per heavy atom. The minimum atomic E-state index is -0.0404. The van der Waals surface area contributed by atoms with Gasteiger partial charge in [-0.15, -0.1) is 0 Å². The Kier molecular flexibility index (Phi) is 5.45. The molecule has 27 heavy (non-hydrogen) atoms. The third kappa shape index (κ3) is 3.87. The molecule has 3 aliphatic heterocycles. The van der Waals surface area contributed by atoms with E-state index in [0.29, 0.717) is 11.9 Å². The predicted octanol–water partition coefficient (Wildman–Crippen LogP) is 1.32. The Morgan fingerprint density at radius 3 is 2.48 bits per heavy atom. The van der Waals surface area contributed by atoms with Crippen LogP contribution in [0.4, 0.5) is 5.69 Å². The molecule has 4 rings (SSSR count). The van der Waals surface area contributed by atoms with Crippen molar-refractivity contribution in [2.75, 3.05) is 44.2 Å². The van der Waals surface area contributed by atoms with Crippen LogP contribution in [0.3, 0.4) is 0 Å². The van der Waals surface area contributed by atoms with Crippen LogP contribution in [-0.2, 0) is 9.59 Å². The third-order valence-electron chi connectivity index (χ3n) is 6.28. The van der Waals surface area contributed by atoms with E-state index >= 15 is 0 Å². The van der Waals surface area contributed by atoms with Crippen LogP contribution < -0.4 is 10.2 Å². The highest BCUT2D eigenvalue weighted by molar-refractivity contribution is 5.99. The van der Waals surface area contributed by atoms with E-state index < -0.39 is 0 Å². The lowest BCUT2D eigenvalue weighted by Gasteiger charge is -2.39. The number of carbonyl (C=O) groups excluding carboxylic acids is 2. The number of para-hydroxylation sites is 1. The zero-order chi connectivity index (χ0) is 18.8. The molecule has 6 nitrogen and oxygen atoms in total. The molecule has 3 aliphatic rings. The molecule has 3 atom stereocenters. The molecule has 3 fully saturated rings. The molecule has 0 aromatic heterocycles. The molecule has 146 valence electrons. The predicted molar refractivity (Wildman–Crippen MR) is 106 cm³/mol. The van der Waals surface area contributed by atoms with E-state index in [0.717, 1.165) is 64.2 Å². The largest absolute Gasteiger partial charge is 0.340 e. The van der Waals surface area contributed by atoms with Crippen LogP contribution in [0.25, 0.3) is 0 Å². The Labute approximate surface area is 161 Å². The molecule has 6 heteroatoms. The van der Waals surface area contributed by atoms with Crippen molar-refractivity contribution in [1.29, 1.82) is 0 Å². The summed E-state index contributed by atoms with van der Waals surface area (Å²) in [6.07, 6.45) is 2.75. The van der Waals surface area contributed by atoms with Crippen LogP contribution in [0.5, 0.6) is 0 Å². The summed E-state index contributed by atoms with van der Waals surface area (Å²) in [5.41, 5.74) is 0.985. The quantitative estimate of drug-likeness (QED) is 0.872. The van der Waals surface area contributed by atoms with Crippen LogP contribution in [0.1, 0.15) is 26.2 Å². The number of piperazine rings is 1. The summed E-state index contributed by atoms with van der Waals surface area (Å²) in [6, 6.07) is 10.3. The molecule has 2 amide bonds. The van der Waals surface area contributed by atoms with Gasteiger partial charge in [-0.05, 0) is 44.9 Å². The molecule has 1 aromatic carbocycles. The number of rotatable bonds is 3. The molecule has 1 N–H and O–H groups in total. The lowest BCUT2D eigenvalue weighted by atomic mass is 9.92. The Bertz CT molecular complexity index is 672. The maximum Gasteiger partial charge on any atom is 0.244 e. The number of nitrogens with zero attached hydrogens (tertiary/aromatic N) is 3. The molecule has 0 radical (unpaired) electrons. The van der Waals surface area contributed by atoms with Gasteiger partial charge >= 0.3 is 0 Å². The molecule has 0 bridgehead atoms. The molecule has 3 saturated heterocycles. The summed E-state index contributed by atoms with van der Waals surface area (Å²) in [5.74, 6) is 0.675. The molecule has 0 saturated carbocycles. The van der Waals surface area contributed by atoms with Gasteiger partial charge in [-0.1, -0.05) is 18.2 Å². The Morgan fingerprint density at radius 2 is 1.78 bits per heavy atom. The van der Waals surface area contributed by atoms with Gasteiger partial charge in [-0.3, -0.25) is 14.5 Å². The first-order chi connectivity index (χ1) is 13.1. The monoisotopic (exact) mass is 370 g/mol. The zero-order valence-corrected chi connectivity index (χ0v) is 16.1. The van der Waals surface area contributed by atoms with E-state index in [9.17, 15) is 9.59 Å². The summed E-state index contributed by atoms with van der Waals surface area (Å²) < 4.78 is 0. The Balaban J connectivity index is 1.32. The van der Waals surface area contributed by atoms with Gasteiger partial charge < -0.3 is 15.1 Å². The van der Waals surface area contributed by atoms with Crippen molar-refractivity contribution in [2.45, 2.75) is 38.3 Å². The van der Waals surface area contributed by atoms with E-state index in [1.165, 1.54) is 0 Å². The number of benzene rings is 1. The topological polar surface area (TPSA) is 55.9 Å². The fourth-order valence-electron chi connectivity index (χ4n) is 4.74. The smallest absolute Gasteiger partial charge is 0.244 e. The summed E-state index contributed by atoms with van der Waals surface area (Å²) in [7, 11) is 0. The number of amides is 2. The third-order valence-corrected chi connectivity index (χ3v) is 6.28. The van der Waals surface area contributed by atoms with Crippen LogP contribution >= 0.6 is 0 Å². The minimum absolute atomic E-state index is 0.0404. The first kappa shape index (κ1) is 18.4. The minimum Gasteiger partial charge on any atom is -0.340 e. The fraction of sp³-hybridized carbons (Fsp3) is 0.619. The first-order valence-electron chi connectivity index (χ1n) is 10.3. The first-order valence-corrected chi connectivity index (χ1v) is 10.3. The molecule has 0 spiro atoms. The summed E-state index contributed by atoms with van der Waals surface area (Å²) >= 11 is 0. The maximum atomic E-state index is 12.9. The molecule has 0 aliphatic carbocycles. The average Bonchev–Trinajstić information content (AvgIpc) is 3.09. The van der Waals surface area contributed by atoms with Crippen molar-refractivity contribution in [3.8, 4) is 0 Å². The number of carbonyl (C=O) groups is 2. The molecule has 3 heterocycles. The number of nitrogens with one attached hydrogen (secondary N) is 1. The number of hydrogen-bond acceptors (Lipinski definition) is 4. The maximum absolute atomic E-state index is 12.9. The van der Waals surface area contributed by atoms with Gasteiger partial charge in [-0.25, -0.2) is 0 Å². The summed E-state index contributed by atoms with van der Waals surface area (Å²) in [5, 5.41) is 3.42. The second-order valence-corrected chi connectivity index (χ2v) is 8.07. The van der Waals surface area contributed by atoms with Crippen molar-refractivity contribution >= 4 is 17.5 Å². The van der Waals surface area contributed by atoms with Gasteiger partial charge in [-0.2, -0.15) is 0 Å². The van der Waals surface area contributed by atoms with Crippen molar-refractivity contribution in [1.82, 2.24) is 15.1 Å². The van der Waals surface area contributed by atoms with E-state index in [1.54, 1.807) is 0 Å². The van der Waals surface area contributed by atoms with Gasteiger partial charge in [0.25, 0.3) is 0 Å². The van der Waals surface area contributed by atoms with E-state index in [4.69, 9.17) is 0 Å². The molecular weight excluding hydrogens is 340 g/mol. The van der Waals surface area contributed by atoms with Crippen LogP contribution in [0.2, 0.25) is 0 Å². The standard InChI is InChI=1S/C21H30N4O2/c1-16-15-17(7-9-22-16)20(26)24-13-11-23(12-14-24)19-8-10-25(21(19)27)18-5-3-2-4-6-18/h2-6,16-17,19,22H,7-15H2,1H3/t16-,17-,19?/m0/s1. The van der Waals surface area contributed by atoms with Crippen molar-refractivity contribution in [3.05, 3.63) is 30.3 Å². The number of piperidine rings is 1. The van der Waals surface area contributed by atoms with Crippen LogP contribution in [0, 0.1) is 5.92 Å². The summed E-state index contributed by atoms with van der Waals surface area (Å²) in [6.45, 7) is 6.94. The van der Waals surface area contributed by atoms with Crippen molar-refractivity contribution in [2.24, 2.45) is 5.92 Å². The van der Waals surface area contributed by atoms with E-state index in [-0.39, 0.29) is 17.9 Å². The SMILES string of the molecule is C[C@H]1C[C@@H](C(=O)N2CCN(C3CCN(c4ccccc4)C3=O)CC2)CCN1. The zero-order valence-electron chi connectivity index (χ0n) is 16.1. The highest BCUT2D eigenvalue weighted by Crippen LogP contribution is 2.26. The highest BCUT2D eigenvalue weighted by atomic mass is 16.2. The van der Waals surface area contributed by atoms with Gasteiger partial charge in [0.15, 0.2) is 0 Å². The van der Waals surface area contributed by atoms with E-state index in [1.807, 2.05) is 40.1 Å². The van der Waals surface area contributed by atoms with Gasteiger partial charge in [0.1, 0.15) is 0 Å². The molecule has 1 unspecified atom stereocenters. The summed E-state index contributed by atoms with van der Waals surface area (Å²) in [4.78, 5) is 31.9. The second kappa shape index (κ2) is 7.98. The molecular formula is C21H30N4O2. The van der Waals surface area contributed by atoms with Gasteiger partial charge in [0.05, 0.1) is 6.04 Å². The number of hydrogen-bond donors (Lipinski definition) is 1. The van der Waals surface area contributed by atoms with E-state index in [2.05, 4.69) is 17.1 Å². The van der Waals surface area contributed by atoms with Crippen molar-refractivity contribution < 1.29 is 9.59 Å². The molecule has 1 aromatic rings. The fourth-order valence-corrected chi connectivity index (χ4v) is 4.74. The highest BCUT2D eigenvalue weighted by Gasteiger charge is 2.39. The average molecular weight is 370 g/mol. The van der Waals surface area contributed by atoms with Gasteiger partial charge in [0, 0.05) is 50.4 Å². The second-order valence-electron chi connectivity index (χ2n) is 8.07. The van der Waals surface area contributed by atoms with Gasteiger partial charge in [0.2, 0.25) is 11.8 Å². The number of anilines is 1. The lowest BCUT2D eigenvalue weighted by molar-refractivity contribution is -0.139. The van der Waals surface area contributed by atoms with Crippen molar-refractivity contribution in [3.63, 3.8) is 0 Å². The Hall–Kier alpha value is -1.92. The normalized spacial score (nSPS) is 30.0. The van der Waals surface area contributed by atoms with Crippen LogP contribution in [-0.4, -0.2) is 73.0 Å². The van der Waals surface area contributed by atoms with Crippen LogP contribution in [0.15, 0.2) is 30.3 Å². The lowest BCUT2D eigenvalue weighted by Crippen LogP contribution is -2.55.